The number of furan rings is 1. The van der Waals surface area contributed by atoms with E-state index >= 15 is 0 Å². The van der Waals surface area contributed by atoms with Gasteiger partial charge in [0.2, 0.25) is 4.80 Å². The molecule has 0 unspecified atom stereocenters. The van der Waals surface area contributed by atoms with Crippen molar-refractivity contribution in [3.63, 3.8) is 0 Å². The Bertz CT molecular complexity index is 813. The van der Waals surface area contributed by atoms with E-state index < -0.39 is 0 Å². The van der Waals surface area contributed by atoms with Gasteiger partial charge in [0.15, 0.2) is 5.76 Å². The molecule has 0 aliphatic heterocycles. The molecule has 2 heterocycles. The lowest BCUT2D eigenvalue weighted by Gasteiger charge is -2.00. The SMILES string of the molecule is CN=c1scc(-c2ccco2)n1N=Cc1ccc(Cl)cc1. The minimum Gasteiger partial charge on any atom is -0.463 e. The van der Waals surface area contributed by atoms with Crippen LogP contribution in [0.1, 0.15) is 5.56 Å². The highest BCUT2D eigenvalue weighted by atomic mass is 35.5. The van der Waals surface area contributed by atoms with E-state index in [1.807, 2.05) is 41.8 Å². The largest absolute Gasteiger partial charge is 0.463 e. The molecule has 0 saturated carbocycles. The molecule has 3 rings (SSSR count). The Hall–Kier alpha value is -2.11. The predicted molar refractivity (Wildman–Crippen MR) is 85.9 cm³/mol. The lowest BCUT2D eigenvalue weighted by Crippen LogP contribution is -2.11. The van der Waals surface area contributed by atoms with Gasteiger partial charge in [-0.1, -0.05) is 23.7 Å². The third-order valence-corrected chi connectivity index (χ3v) is 4.00. The normalized spacial score (nSPS) is 12.4. The molecule has 21 heavy (non-hydrogen) atoms. The van der Waals surface area contributed by atoms with Crippen LogP contribution < -0.4 is 4.80 Å². The third-order valence-electron chi connectivity index (χ3n) is 2.84. The first-order valence-corrected chi connectivity index (χ1v) is 7.51. The van der Waals surface area contributed by atoms with E-state index in [2.05, 4.69) is 10.1 Å². The Labute approximate surface area is 130 Å². The number of hydrogen-bond acceptors (Lipinski definition) is 4. The van der Waals surface area contributed by atoms with Crippen LogP contribution in [0.25, 0.3) is 11.5 Å². The average Bonchev–Trinajstić information content (AvgIpc) is 3.15. The van der Waals surface area contributed by atoms with E-state index in [1.54, 1.807) is 24.2 Å². The number of halogens is 1. The Morgan fingerprint density at radius 3 is 2.71 bits per heavy atom. The highest BCUT2D eigenvalue weighted by Gasteiger charge is 2.09. The molecule has 0 aliphatic carbocycles. The van der Waals surface area contributed by atoms with E-state index in [0.717, 1.165) is 21.8 Å². The zero-order chi connectivity index (χ0) is 14.7. The molecule has 1 aromatic carbocycles. The minimum absolute atomic E-state index is 0.704. The summed E-state index contributed by atoms with van der Waals surface area (Å²) < 4.78 is 7.20. The standard InChI is InChI=1S/C15H12ClN3OS/c1-17-15-19(13(10-21-15)14-3-2-8-20-14)18-9-11-4-6-12(16)7-5-11/h2-10H,1H3. The van der Waals surface area contributed by atoms with Crippen molar-refractivity contribution >= 4 is 29.2 Å². The topological polar surface area (TPSA) is 42.8 Å². The fourth-order valence-electron chi connectivity index (χ4n) is 1.83. The molecular weight excluding hydrogens is 306 g/mol. The van der Waals surface area contributed by atoms with Gasteiger partial charge in [-0.3, -0.25) is 4.99 Å². The van der Waals surface area contributed by atoms with Gasteiger partial charge >= 0.3 is 0 Å². The van der Waals surface area contributed by atoms with Crippen molar-refractivity contribution < 1.29 is 4.42 Å². The van der Waals surface area contributed by atoms with Gasteiger partial charge in [-0.2, -0.15) is 5.10 Å². The fourth-order valence-corrected chi connectivity index (χ4v) is 2.74. The first-order chi connectivity index (χ1) is 10.3. The van der Waals surface area contributed by atoms with Gasteiger partial charge in [-0.25, -0.2) is 4.68 Å². The molecule has 3 aromatic rings. The smallest absolute Gasteiger partial charge is 0.206 e. The van der Waals surface area contributed by atoms with Crippen LogP contribution in [0.2, 0.25) is 5.02 Å². The average molecular weight is 318 g/mol. The summed E-state index contributed by atoms with van der Waals surface area (Å²) in [7, 11) is 1.74. The minimum atomic E-state index is 0.704. The third kappa shape index (κ3) is 2.99. The second kappa shape index (κ2) is 6.11. The van der Waals surface area contributed by atoms with Crippen LogP contribution in [0.15, 0.2) is 62.6 Å². The summed E-state index contributed by atoms with van der Waals surface area (Å²) in [6.45, 7) is 0. The molecule has 2 aromatic heterocycles. The summed E-state index contributed by atoms with van der Waals surface area (Å²) in [4.78, 5) is 5.03. The predicted octanol–water partition coefficient (Wildman–Crippen LogP) is 3.88. The quantitative estimate of drug-likeness (QED) is 0.676. The van der Waals surface area contributed by atoms with Crippen LogP contribution in [0.3, 0.4) is 0 Å². The summed E-state index contributed by atoms with van der Waals surface area (Å²) in [6, 6.07) is 11.2. The molecule has 0 fully saturated rings. The molecule has 0 spiro atoms. The van der Waals surface area contributed by atoms with E-state index in [0.29, 0.717) is 5.02 Å². The molecule has 0 bridgehead atoms. The molecule has 6 heteroatoms. The maximum Gasteiger partial charge on any atom is 0.206 e. The van der Waals surface area contributed by atoms with Gasteiger partial charge in [-0.15, -0.1) is 11.3 Å². The molecule has 106 valence electrons. The molecule has 0 saturated heterocycles. The Balaban J connectivity index is 2.01. The Morgan fingerprint density at radius 1 is 1.24 bits per heavy atom. The first kappa shape index (κ1) is 13.9. The highest BCUT2D eigenvalue weighted by Crippen LogP contribution is 2.20. The van der Waals surface area contributed by atoms with Crippen LogP contribution in [0.5, 0.6) is 0 Å². The maximum absolute atomic E-state index is 5.88. The number of rotatable bonds is 3. The van der Waals surface area contributed by atoms with Gasteiger partial charge in [0, 0.05) is 17.5 Å². The number of benzene rings is 1. The van der Waals surface area contributed by atoms with Crippen molar-refractivity contribution in [3.8, 4) is 11.5 Å². The van der Waals surface area contributed by atoms with Crippen molar-refractivity contribution in [2.24, 2.45) is 10.1 Å². The second-order valence-corrected chi connectivity index (χ2v) is 5.49. The zero-order valence-corrected chi connectivity index (χ0v) is 12.8. The molecule has 4 nitrogen and oxygen atoms in total. The molecular formula is C15H12ClN3OS. The summed E-state index contributed by atoms with van der Waals surface area (Å²) in [5.41, 5.74) is 1.83. The van der Waals surface area contributed by atoms with Crippen molar-refractivity contribution in [3.05, 3.63) is 63.4 Å². The molecule has 0 aliphatic rings. The van der Waals surface area contributed by atoms with Gasteiger partial charge in [0.25, 0.3) is 0 Å². The number of hydrogen-bond donors (Lipinski definition) is 0. The molecule has 0 amide bonds. The number of nitrogens with zero attached hydrogens (tertiary/aromatic N) is 3. The van der Waals surface area contributed by atoms with Crippen LogP contribution in [0.4, 0.5) is 0 Å². The summed E-state index contributed by atoms with van der Waals surface area (Å²) in [5, 5.41) is 7.18. The summed E-state index contributed by atoms with van der Waals surface area (Å²) >= 11 is 7.39. The van der Waals surface area contributed by atoms with Gasteiger partial charge in [0.1, 0.15) is 5.69 Å². The van der Waals surface area contributed by atoms with Gasteiger partial charge in [-0.05, 0) is 29.8 Å². The highest BCUT2D eigenvalue weighted by molar-refractivity contribution is 7.07. The summed E-state index contributed by atoms with van der Waals surface area (Å²) in [5.74, 6) is 0.759. The van der Waals surface area contributed by atoms with E-state index in [4.69, 9.17) is 16.0 Å². The zero-order valence-electron chi connectivity index (χ0n) is 11.2. The first-order valence-electron chi connectivity index (χ1n) is 6.25. The van der Waals surface area contributed by atoms with Crippen LogP contribution >= 0.6 is 22.9 Å². The van der Waals surface area contributed by atoms with Gasteiger partial charge < -0.3 is 4.42 Å². The van der Waals surface area contributed by atoms with Crippen molar-refractivity contribution in [1.82, 2.24) is 4.68 Å². The molecule has 0 atom stereocenters. The number of thiazole rings is 1. The van der Waals surface area contributed by atoms with Crippen LogP contribution in [-0.4, -0.2) is 17.9 Å². The van der Waals surface area contributed by atoms with E-state index in [1.165, 1.54) is 11.3 Å². The van der Waals surface area contributed by atoms with Crippen molar-refractivity contribution in [1.29, 1.82) is 0 Å². The lowest BCUT2D eigenvalue weighted by atomic mass is 10.2. The van der Waals surface area contributed by atoms with E-state index in [-0.39, 0.29) is 0 Å². The number of aromatic nitrogens is 1. The fraction of sp³-hybridized carbons (Fsp3) is 0.0667. The second-order valence-electron chi connectivity index (χ2n) is 4.21. The monoisotopic (exact) mass is 317 g/mol. The van der Waals surface area contributed by atoms with Crippen LogP contribution in [0, 0.1) is 0 Å². The van der Waals surface area contributed by atoms with Crippen molar-refractivity contribution in [2.75, 3.05) is 7.05 Å². The molecule has 0 N–H and O–H groups in total. The van der Waals surface area contributed by atoms with Crippen molar-refractivity contribution in [2.45, 2.75) is 0 Å². The molecule has 0 radical (unpaired) electrons. The van der Waals surface area contributed by atoms with E-state index in [9.17, 15) is 0 Å². The maximum atomic E-state index is 5.88. The lowest BCUT2D eigenvalue weighted by molar-refractivity contribution is 0.575. The van der Waals surface area contributed by atoms with Gasteiger partial charge in [0.05, 0.1) is 12.5 Å². The van der Waals surface area contributed by atoms with Crippen LogP contribution in [-0.2, 0) is 0 Å². The Morgan fingerprint density at radius 2 is 2.05 bits per heavy atom. The summed E-state index contributed by atoms with van der Waals surface area (Å²) in [6.07, 6.45) is 3.41. The Kier molecular flexibility index (Phi) is 4.03.